The Morgan fingerprint density at radius 1 is 1.24 bits per heavy atom. The van der Waals surface area contributed by atoms with E-state index >= 15 is 0 Å². The van der Waals surface area contributed by atoms with Gasteiger partial charge in [0.1, 0.15) is 17.2 Å². The largest absolute Gasteiger partial charge is 0.382 e. The number of para-hydroxylation sites is 1. The van der Waals surface area contributed by atoms with Crippen LogP contribution in [0.4, 0.5) is 27.1 Å². The highest BCUT2D eigenvalue weighted by molar-refractivity contribution is 9.10. The molecule has 0 saturated heterocycles. The minimum absolute atomic E-state index is 0.0557. The van der Waals surface area contributed by atoms with Gasteiger partial charge in [-0.2, -0.15) is 0 Å². The van der Waals surface area contributed by atoms with Crippen molar-refractivity contribution in [1.29, 1.82) is 0 Å². The molecule has 2 aromatic carbocycles. The van der Waals surface area contributed by atoms with E-state index in [1.807, 2.05) is 0 Å². The summed E-state index contributed by atoms with van der Waals surface area (Å²) in [6.45, 7) is 1.73. The summed E-state index contributed by atoms with van der Waals surface area (Å²) >= 11 is 3.11. The predicted molar refractivity (Wildman–Crippen MR) is 84.8 cm³/mol. The number of aryl methyl sites for hydroxylation is 1. The standard InChI is InChI=1S/C14H13BrFN3O2/c1-8-6-10(16)9(15)7-13(8)18-12-5-3-4-11(17-2)14(12)19(20)21/h3-7,17-18H,1-2H3. The Morgan fingerprint density at radius 2 is 1.90 bits per heavy atom. The van der Waals surface area contributed by atoms with Gasteiger partial charge in [0.2, 0.25) is 0 Å². The molecule has 0 fully saturated rings. The number of hydrogen-bond donors (Lipinski definition) is 2. The molecule has 2 N–H and O–H groups in total. The summed E-state index contributed by atoms with van der Waals surface area (Å²) in [4.78, 5) is 10.8. The van der Waals surface area contributed by atoms with Crippen LogP contribution in [0.15, 0.2) is 34.8 Å². The fourth-order valence-electron chi connectivity index (χ4n) is 1.97. The monoisotopic (exact) mass is 353 g/mol. The number of nitro benzene ring substituents is 1. The van der Waals surface area contributed by atoms with Crippen molar-refractivity contribution in [3.8, 4) is 0 Å². The van der Waals surface area contributed by atoms with Gasteiger partial charge in [-0.15, -0.1) is 0 Å². The van der Waals surface area contributed by atoms with Gasteiger partial charge in [-0.1, -0.05) is 6.07 Å². The Kier molecular flexibility index (Phi) is 4.42. The lowest BCUT2D eigenvalue weighted by atomic mass is 10.1. The molecule has 2 aromatic rings. The summed E-state index contributed by atoms with van der Waals surface area (Å²) in [5.74, 6) is -0.378. The molecule has 0 unspecified atom stereocenters. The summed E-state index contributed by atoms with van der Waals surface area (Å²) in [6, 6.07) is 7.85. The van der Waals surface area contributed by atoms with E-state index in [0.29, 0.717) is 27.1 Å². The van der Waals surface area contributed by atoms with Crippen LogP contribution in [-0.4, -0.2) is 12.0 Å². The van der Waals surface area contributed by atoms with Crippen molar-refractivity contribution in [2.24, 2.45) is 0 Å². The second-order valence-corrected chi connectivity index (χ2v) is 5.27. The van der Waals surface area contributed by atoms with Crippen LogP contribution in [0.5, 0.6) is 0 Å². The molecule has 2 rings (SSSR count). The van der Waals surface area contributed by atoms with Gasteiger partial charge in [0.25, 0.3) is 0 Å². The molecule has 7 heteroatoms. The fourth-order valence-corrected chi connectivity index (χ4v) is 2.31. The number of halogens is 2. The first kappa shape index (κ1) is 15.2. The Hall–Kier alpha value is -2.15. The first-order valence-electron chi connectivity index (χ1n) is 6.12. The molecule has 0 spiro atoms. The highest BCUT2D eigenvalue weighted by Crippen LogP contribution is 2.36. The van der Waals surface area contributed by atoms with E-state index in [4.69, 9.17) is 0 Å². The van der Waals surface area contributed by atoms with Crippen LogP contribution in [0, 0.1) is 22.9 Å². The van der Waals surface area contributed by atoms with Gasteiger partial charge in [-0.25, -0.2) is 4.39 Å². The number of nitrogens with zero attached hydrogens (tertiary/aromatic N) is 1. The Balaban J connectivity index is 2.49. The van der Waals surface area contributed by atoms with Crippen LogP contribution in [0.3, 0.4) is 0 Å². The van der Waals surface area contributed by atoms with Crippen molar-refractivity contribution in [2.75, 3.05) is 17.7 Å². The highest BCUT2D eigenvalue weighted by atomic mass is 79.9. The number of hydrogen-bond acceptors (Lipinski definition) is 4. The van der Waals surface area contributed by atoms with E-state index < -0.39 is 4.92 Å². The zero-order chi connectivity index (χ0) is 15.6. The van der Waals surface area contributed by atoms with Gasteiger partial charge in [-0.3, -0.25) is 10.1 Å². The van der Waals surface area contributed by atoms with Crippen LogP contribution in [0.2, 0.25) is 0 Å². The van der Waals surface area contributed by atoms with E-state index in [-0.39, 0.29) is 11.5 Å². The molecule has 0 amide bonds. The van der Waals surface area contributed by atoms with Gasteiger partial charge in [-0.05, 0) is 52.7 Å². The number of rotatable bonds is 4. The quantitative estimate of drug-likeness (QED) is 0.623. The van der Waals surface area contributed by atoms with E-state index in [1.54, 1.807) is 38.2 Å². The number of nitrogens with one attached hydrogen (secondary N) is 2. The van der Waals surface area contributed by atoms with Gasteiger partial charge < -0.3 is 10.6 Å². The van der Waals surface area contributed by atoms with Crippen LogP contribution in [-0.2, 0) is 0 Å². The molecular weight excluding hydrogens is 341 g/mol. The Labute approximate surface area is 129 Å². The smallest absolute Gasteiger partial charge is 0.315 e. The third-order valence-corrected chi connectivity index (χ3v) is 3.63. The molecule has 110 valence electrons. The minimum atomic E-state index is -0.456. The van der Waals surface area contributed by atoms with Crippen molar-refractivity contribution in [2.45, 2.75) is 6.92 Å². The lowest BCUT2D eigenvalue weighted by molar-refractivity contribution is -0.383. The van der Waals surface area contributed by atoms with Gasteiger partial charge in [0, 0.05) is 12.7 Å². The van der Waals surface area contributed by atoms with Crippen molar-refractivity contribution < 1.29 is 9.31 Å². The van der Waals surface area contributed by atoms with Crippen molar-refractivity contribution in [1.82, 2.24) is 0 Å². The molecule has 0 aliphatic rings. The summed E-state index contributed by atoms with van der Waals surface area (Å²) < 4.78 is 13.7. The maximum absolute atomic E-state index is 13.4. The third kappa shape index (κ3) is 3.13. The van der Waals surface area contributed by atoms with E-state index in [2.05, 4.69) is 26.6 Å². The third-order valence-electron chi connectivity index (χ3n) is 3.02. The van der Waals surface area contributed by atoms with Gasteiger partial charge in [0.05, 0.1) is 9.40 Å². The van der Waals surface area contributed by atoms with Crippen LogP contribution in [0.25, 0.3) is 0 Å². The van der Waals surface area contributed by atoms with E-state index in [1.165, 1.54) is 6.07 Å². The molecule has 0 aromatic heterocycles. The van der Waals surface area contributed by atoms with Crippen LogP contribution >= 0.6 is 15.9 Å². The molecule has 0 bridgehead atoms. The number of nitro groups is 1. The zero-order valence-electron chi connectivity index (χ0n) is 11.4. The molecule has 5 nitrogen and oxygen atoms in total. The second-order valence-electron chi connectivity index (χ2n) is 4.42. The van der Waals surface area contributed by atoms with Crippen molar-refractivity contribution >= 4 is 38.7 Å². The first-order valence-corrected chi connectivity index (χ1v) is 6.91. The Bertz CT molecular complexity index is 707. The SMILES string of the molecule is CNc1cccc(Nc2cc(Br)c(F)cc2C)c1[N+](=O)[O-]. The lowest BCUT2D eigenvalue weighted by Gasteiger charge is -2.12. The van der Waals surface area contributed by atoms with Gasteiger partial charge >= 0.3 is 5.69 Å². The summed E-state index contributed by atoms with van der Waals surface area (Å²) in [5, 5.41) is 17.0. The minimum Gasteiger partial charge on any atom is -0.382 e. The van der Waals surface area contributed by atoms with Crippen LogP contribution in [0.1, 0.15) is 5.56 Å². The molecule has 0 aliphatic heterocycles. The molecular formula is C14H13BrFN3O2. The molecule has 0 atom stereocenters. The molecule has 0 aliphatic carbocycles. The lowest BCUT2D eigenvalue weighted by Crippen LogP contribution is -2.02. The fraction of sp³-hybridized carbons (Fsp3) is 0.143. The van der Waals surface area contributed by atoms with Crippen LogP contribution < -0.4 is 10.6 Å². The van der Waals surface area contributed by atoms with E-state index in [0.717, 1.165) is 0 Å². The summed E-state index contributed by atoms with van der Waals surface area (Å²) in [7, 11) is 1.62. The Morgan fingerprint density at radius 3 is 2.52 bits per heavy atom. The second kappa shape index (κ2) is 6.09. The average molecular weight is 354 g/mol. The molecule has 0 heterocycles. The first-order chi connectivity index (χ1) is 9.93. The summed E-state index contributed by atoms with van der Waals surface area (Å²) in [5.41, 5.74) is 1.94. The van der Waals surface area contributed by atoms with Crippen molar-refractivity contribution in [3.63, 3.8) is 0 Å². The number of benzene rings is 2. The van der Waals surface area contributed by atoms with Gasteiger partial charge in [0.15, 0.2) is 0 Å². The highest BCUT2D eigenvalue weighted by Gasteiger charge is 2.19. The zero-order valence-corrected chi connectivity index (χ0v) is 13.0. The normalized spacial score (nSPS) is 10.3. The predicted octanol–water partition coefficient (Wildman–Crippen LogP) is 4.59. The maximum Gasteiger partial charge on any atom is 0.315 e. The molecule has 0 radical (unpaired) electrons. The number of anilines is 3. The summed E-state index contributed by atoms with van der Waals surface area (Å²) in [6.07, 6.45) is 0. The van der Waals surface area contributed by atoms with E-state index in [9.17, 15) is 14.5 Å². The average Bonchev–Trinajstić information content (AvgIpc) is 2.44. The molecule has 0 saturated carbocycles. The van der Waals surface area contributed by atoms with Crippen molar-refractivity contribution in [3.05, 3.63) is 56.3 Å². The molecule has 21 heavy (non-hydrogen) atoms. The topological polar surface area (TPSA) is 67.2 Å². The maximum atomic E-state index is 13.4.